The molecular weight excluding hydrogens is 376 g/mol. The van der Waals surface area contributed by atoms with Gasteiger partial charge in [0.15, 0.2) is 0 Å². The highest BCUT2D eigenvalue weighted by Crippen LogP contribution is 2.22. The van der Waals surface area contributed by atoms with E-state index in [0.717, 1.165) is 21.8 Å². The highest BCUT2D eigenvalue weighted by Gasteiger charge is 2.18. The van der Waals surface area contributed by atoms with Crippen molar-refractivity contribution < 1.29 is 14.5 Å². The number of rotatable bonds is 8. The van der Waals surface area contributed by atoms with Gasteiger partial charge >= 0.3 is 0 Å². The molecular formula is C21H20N2O4S. The maximum atomic E-state index is 13.0. The number of amides is 1. The Morgan fingerprint density at radius 3 is 2.46 bits per heavy atom. The summed E-state index contributed by atoms with van der Waals surface area (Å²) in [6.45, 7) is 0.926. The number of nitrogens with zero attached hydrogens (tertiary/aromatic N) is 2. The molecule has 1 amide bonds. The molecule has 28 heavy (non-hydrogen) atoms. The van der Waals surface area contributed by atoms with E-state index in [1.54, 1.807) is 35.5 Å². The largest absolute Gasteiger partial charge is 0.496 e. The smallest absolute Gasteiger partial charge is 0.269 e. The SMILES string of the molecule is COc1ccccc1CN(Cc1cccs1)C(=O)Cc1ccc([N+](=O)[O-])cc1. The minimum absolute atomic E-state index is 0.0145. The lowest BCUT2D eigenvalue weighted by Crippen LogP contribution is -2.31. The Morgan fingerprint density at radius 1 is 1.07 bits per heavy atom. The fourth-order valence-electron chi connectivity index (χ4n) is 2.88. The lowest BCUT2D eigenvalue weighted by atomic mass is 10.1. The van der Waals surface area contributed by atoms with Crippen molar-refractivity contribution in [2.75, 3.05) is 7.11 Å². The van der Waals surface area contributed by atoms with Crippen LogP contribution < -0.4 is 4.74 Å². The van der Waals surface area contributed by atoms with E-state index in [4.69, 9.17) is 4.74 Å². The molecule has 0 saturated carbocycles. The van der Waals surface area contributed by atoms with E-state index in [0.29, 0.717) is 13.1 Å². The summed E-state index contributed by atoms with van der Waals surface area (Å²) in [4.78, 5) is 26.2. The van der Waals surface area contributed by atoms with Crippen LogP contribution in [-0.2, 0) is 24.3 Å². The van der Waals surface area contributed by atoms with Crippen molar-refractivity contribution in [2.45, 2.75) is 19.5 Å². The first kappa shape index (κ1) is 19.6. The average molecular weight is 396 g/mol. The normalized spacial score (nSPS) is 10.5. The first-order valence-corrected chi connectivity index (χ1v) is 9.60. The fourth-order valence-corrected chi connectivity index (χ4v) is 3.60. The molecule has 0 atom stereocenters. The zero-order valence-corrected chi connectivity index (χ0v) is 16.2. The Balaban J connectivity index is 1.79. The third-order valence-electron chi connectivity index (χ3n) is 4.34. The Kier molecular flexibility index (Phi) is 6.39. The zero-order valence-electron chi connectivity index (χ0n) is 15.4. The molecule has 0 aliphatic carbocycles. The molecule has 3 rings (SSSR count). The highest BCUT2D eigenvalue weighted by molar-refractivity contribution is 7.09. The number of nitro groups is 1. The van der Waals surface area contributed by atoms with Gasteiger partial charge in [-0.1, -0.05) is 36.4 Å². The molecule has 0 bridgehead atoms. The van der Waals surface area contributed by atoms with Crippen LogP contribution in [0.2, 0.25) is 0 Å². The maximum absolute atomic E-state index is 13.0. The van der Waals surface area contributed by atoms with Crippen molar-refractivity contribution in [1.29, 1.82) is 0 Å². The van der Waals surface area contributed by atoms with Gasteiger partial charge in [-0.05, 0) is 23.1 Å². The number of methoxy groups -OCH3 is 1. The Hall–Kier alpha value is -3.19. The molecule has 0 spiro atoms. The molecule has 0 aliphatic heterocycles. The van der Waals surface area contributed by atoms with Gasteiger partial charge in [0.25, 0.3) is 5.69 Å². The first-order chi connectivity index (χ1) is 13.6. The number of carbonyl (C=O) groups is 1. The number of carbonyl (C=O) groups excluding carboxylic acids is 1. The minimum Gasteiger partial charge on any atom is -0.496 e. The third kappa shape index (κ3) is 4.95. The van der Waals surface area contributed by atoms with E-state index >= 15 is 0 Å². The lowest BCUT2D eigenvalue weighted by Gasteiger charge is -2.23. The van der Waals surface area contributed by atoms with Crippen LogP contribution in [-0.4, -0.2) is 22.8 Å². The number of benzene rings is 2. The third-order valence-corrected chi connectivity index (χ3v) is 5.20. The predicted octanol–water partition coefficient (Wildman–Crippen LogP) is 4.44. The van der Waals surface area contributed by atoms with Gasteiger partial charge in [-0.2, -0.15) is 0 Å². The van der Waals surface area contributed by atoms with Crippen LogP contribution in [0, 0.1) is 10.1 Å². The zero-order chi connectivity index (χ0) is 19.9. The summed E-state index contributed by atoms with van der Waals surface area (Å²) in [7, 11) is 1.61. The monoisotopic (exact) mass is 396 g/mol. The molecule has 0 aliphatic rings. The van der Waals surface area contributed by atoms with Crippen LogP contribution in [0.4, 0.5) is 5.69 Å². The van der Waals surface area contributed by atoms with Crippen LogP contribution in [0.5, 0.6) is 5.75 Å². The molecule has 2 aromatic carbocycles. The van der Waals surface area contributed by atoms with Crippen LogP contribution in [0.1, 0.15) is 16.0 Å². The van der Waals surface area contributed by atoms with Crippen molar-refractivity contribution in [3.05, 3.63) is 92.2 Å². The van der Waals surface area contributed by atoms with E-state index in [-0.39, 0.29) is 18.0 Å². The van der Waals surface area contributed by atoms with Crippen LogP contribution >= 0.6 is 11.3 Å². The number of non-ortho nitro benzene ring substituents is 1. The molecule has 0 fully saturated rings. The van der Waals surface area contributed by atoms with Crippen LogP contribution in [0.3, 0.4) is 0 Å². The topological polar surface area (TPSA) is 72.7 Å². The van der Waals surface area contributed by atoms with E-state index in [2.05, 4.69) is 0 Å². The van der Waals surface area contributed by atoms with E-state index in [1.807, 2.05) is 41.8 Å². The van der Waals surface area contributed by atoms with Gasteiger partial charge in [0.2, 0.25) is 5.91 Å². The maximum Gasteiger partial charge on any atom is 0.269 e. The summed E-state index contributed by atoms with van der Waals surface area (Å²) < 4.78 is 5.42. The number of ether oxygens (including phenoxy) is 1. The second-order valence-electron chi connectivity index (χ2n) is 6.24. The minimum atomic E-state index is -0.448. The number of hydrogen-bond donors (Lipinski definition) is 0. The molecule has 0 unspecified atom stereocenters. The van der Waals surface area contributed by atoms with Gasteiger partial charge < -0.3 is 9.64 Å². The molecule has 1 aromatic heterocycles. The standard InChI is InChI=1S/C21H20N2O4S/c1-27-20-7-3-2-5-17(20)14-22(15-19-6-4-12-28-19)21(24)13-16-8-10-18(11-9-16)23(25)26/h2-12H,13-15H2,1H3. The van der Waals surface area contributed by atoms with E-state index in [1.165, 1.54) is 12.1 Å². The number of thiophene rings is 1. The Bertz CT molecular complexity index is 939. The van der Waals surface area contributed by atoms with Gasteiger partial charge in [0, 0.05) is 29.1 Å². The molecule has 0 N–H and O–H groups in total. The molecule has 1 heterocycles. The molecule has 6 nitrogen and oxygen atoms in total. The van der Waals surface area contributed by atoms with Gasteiger partial charge in [-0.15, -0.1) is 11.3 Å². The van der Waals surface area contributed by atoms with Crippen LogP contribution in [0.15, 0.2) is 66.0 Å². The summed E-state index contributed by atoms with van der Waals surface area (Å²) in [5.41, 5.74) is 1.69. The molecule has 0 radical (unpaired) electrons. The summed E-state index contributed by atoms with van der Waals surface area (Å²) in [5, 5.41) is 12.8. The van der Waals surface area contributed by atoms with Crippen molar-refractivity contribution in [3.63, 3.8) is 0 Å². The highest BCUT2D eigenvalue weighted by atomic mass is 32.1. The van der Waals surface area contributed by atoms with Crippen molar-refractivity contribution in [1.82, 2.24) is 4.90 Å². The number of hydrogen-bond acceptors (Lipinski definition) is 5. The van der Waals surface area contributed by atoms with Crippen molar-refractivity contribution in [2.24, 2.45) is 0 Å². The van der Waals surface area contributed by atoms with E-state index < -0.39 is 4.92 Å². The summed E-state index contributed by atoms with van der Waals surface area (Å²) >= 11 is 1.60. The first-order valence-electron chi connectivity index (χ1n) is 8.72. The average Bonchev–Trinajstić information content (AvgIpc) is 3.21. The molecule has 3 aromatic rings. The Morgan fingerprint density at radius 2 is 1.82 bits per heavy atom. The van der Waals surface area contributed by atoms with Gasteiger partial charge in [0.1, 0.15) is 5.75 Å². The van der Waals surface area contributed by atoms with Gasteiger partial charge in [-0.3, -0.25) is 14.9 Å². The van der Waals surface area contributed by atoms with Crippen LogP contribution in [0.25, 0.3) is 0 Å². The Labute approximate surface area is 167 Å². The van der Waals surface area contributed by atoms with Crippen molar-refractivity contribution in [3.8, 4) is 5.75 Å². The molecule has 7 heteroatoms. The summed E-state index contributed by atoms with van der Waals surface area (Å²) in [5.74, 6) is 0.690. The van der Waals surface area contributed by atoms with Gasteiger partial charge in [-0.25, -0.2) is 0 Å². The van der Waals surface area contributed by atoms with E-state index in [9.17, 15) is 14.9 Å². The van der Waals surface area contributed by atoms with Gasteiger partial charge in [0.05, 0.1) is 25.0 Å². The predicted molar refractivity (Wildman–Crippen MR) is 108 cm³/mol. The quantitative estimate of drug-likeness (QED) is 0.417. The fraction of sp³-hybridized carbons (Fsp3) is 0.190. The summed E-state index contributed by atoms with van der Waals surface area (Å²) in [6, 6.07) is 17.7. The molecule has 0 saturated heterocycles. The van der Waals surface area contributed by atoms with Crippen molar-refractivity contribution >= 4 is 22.9 Å². The lowest BCUT2D eigenvalue weighted by molar-refractivity contribution is -0.384. The number of nitro benzene ring substituents is 1. The summed E-state index contributed by atoms with van der Waals surface area (Å²) in [6.07, 6.45) is 0.179. The molecule has 144 valence electrons. The second-order valence-corrected chi connectivity index (χ2v) is 7.27. The second kappa shape index (κ2) is 9.14. The number of para-hydroxylation sites is 1.